The Labute approximate surface area is 113 Å². The standard InChI is InChI=1S/C12H20N2OS.ClH/c1-8-5-6-9(16-8)7-14-11(15)10(13)12(2,3)4;/h5-6,10H,7,13H2,1-4H3,(H,14,15);1H/t10-;/m1./s1. The molecule has 17 heavy (non-hydrogen) atoms. The van der Waals surface area contributed by atoms with Gasteiger partial charge in [-0.15, -0.1) is 23.7 Å². The van der Waals surface area contributed by atoms with E-state index in [0.29, 0.717) is 6.54 Å². The third-order valence-corrected chi connectivity index (χ3v) is 3.45. The minimum atomic E-state index is -0.464. The van der Waals surface area contributed by atoms with Gasteiger partial charge in [0.1, 0.15) is 0 Å². The number of amides is 1. The number of thiophene rings is 1. The van der Waals surface area contributed by atoms with Gasteiger partial charge in [-0.25, -0.2) is 0 Å². The van der Waals surface area contributed by atoms with E-state index >= 15 is 0 Å². The van der Waals surface area contributed by atoms with Gasteiger partial charge in [0.15, 0.2) is 0 Å². The third kappa shape index (κ3) is 5.06. The first kappa shape index (κ1) is 16.4. The fourth-order valence-electron chi connectivity index (χ4n) is 1.26. The number of hydrogen-bond donors (Lipinski definition) is 2. The predicted molar refractivity (Wildman–Crippen MR) is 75.6 cm³/mol. The average Bonchev–Trinajstić information content (AvgIpc) is 2.58. The number of rotatable bonds is 3. The van der Waals surface area contributed by atoms with Crippen LogP contribution in [0, 0.1) is 12.3 Å². The zero-order valence-corrected chi connectivity index (χ0v) is 12.4. The number of halogens is 1. The first-order valence-corrected chi connectivity index (χ1v) is 6.21. The van der Waals surface area contributed by atoms with Gasteiger partial charge in [0.2, 0.25) is 5.91 Å². The number of nitrogens with one attached hydrogen (secondary N) is 1. The van der Waals surface area contributed by atoms with Crippen molar-refractivity contribution in [2.75, 3.05) is 0 Å². The molecule has 1 heterocycles. The molecule has 0 unspecified atom stereocenters. The van der Waals surface area contributed by atoms with E-state index in [4.69, 9.17) is 5.73 Å². The average molecular weight is 277 g/mol. The fourth-order valence-corrected chi connectivity index (χ4v) is 2.09. The lowest BCUT2D eigenvalue weighted by atomic mass is 9.87. The normalized spacial score (nSPS) is 12.8. The predicted octanol–water partition coefficient (Wildman–Crippen LogP) is 2.47. The Bertz CT molecular complexity index is 371. The fraction of sp³-hybridized carbons (Fsp3) is 0.583. The van der Waals surface area contributed by atoms with Crippen LogP contribution in [0.15, 0.2) is 12.1 Å². The van der Waals surface area contributed by atoms with E-state index < -0.39 is 6.04 Å². The van der Waals surface area contributed by atoms with Crippen LogP contribution in [-0.4, -0.2) is 11.9 Å². The Morgan fingerprint density at radius 2 is 2.06 bits per heavy atom. The molecule has 98 valence electrons. The molecule has 1 rings (SSSR count). The zero-order chi connectivity index (χ0) is 12.3. The summed E-state index contributed by atoms with van der Waals surface area (Å²) in [5.74, 6) is -0.0847. The summed E-state index contributed by atoms with van der Waals surface area (Å²) < 4.78 is 0. The molecule has 0 saturated heterocycles. The Morgan fingerprint density at radius 1 is 1.47 bits per heavy atom. The first-order valence-electron chi connectivity index (χ1n) is 5.39. The molecule has 5 heteroatoms. The quantitative estimate of drug-likeness (QED) is 0.891. The van der Waals surface area contributed by atoms with Crippen molar-refractivity contribution >= 4 is 29.7 Å². The summed E-state index contributed by atoms with van der Waals surface area (Å²) in [4.78, 5) is 14.2. The second-order valence-electron chi connectivity index (χ2n) is 5.07. The van der Waals surface area contributed by atoms with Crippen LogP contribution in [0.4, 0.5) is 0 Å². The molecule has 3 N–H and O–H groups in total. The molecular formula is C12H21ClN2OS. The maximum atomic E-state index is 11.7. The highest BCUT2D eigenvalue weighted by Crippen LogP contribution is 2.18. The summed E-state index contributed by atoms with van der Waals surface area (Å²) in [6.45, 7) is 8.52. The molecule has 0 saturated carbocycles. The molecule has 1 aromatic heterocycles. The van der Waals surface area contributed by atoms with Crippen molar-refractivity contribution in [2.45, 2.75) is 40.3 Å². The first-order chi connectivity index (χ1) is 7.30. The lowest BCUT2D eigenvalue weighted by Crippen LogP contribution is -2.48. The molecular weight excluding hydrogens is 256 g/mol. The Morgan fingerprint density at radius 3 is 2.47 bits per heavy atom. The highest BCUT2D eigenvalue weighted by atomic mass is 35.5. The number of aryl methyl sites for hydroxylation is 1. The third-order valence-electron chi connectivity index (χ3n) is 2.45. The minimum Gasteiger partial charge on any atom is -0.350 e. The van der Waals surface area contributed by atoms with Gasteiger partial charge in [-0.2, -0.15) is 0 Å². The van der Waals surface area contributed by atoms with Crippen molar-refractivity contribution in [3.8, 4) is 0 Å². The van der Waals surface area contributed by atoms with Crippen molar-refractivity contribution < 1.29 is 4.79 Å². The molecule has 0 aromatic carbocycles. The van der Waals surface area contributed by atoms with E-state index in [-0.39, 0.29) is 23.7 Å². The van der Waals surface area contributed by atoms with Gasteiger partial charge in [0.05, 0.1) is 12.6 Å². The van der Waals surface area contributed by atoms with Gasteiger partial charge in [-0.05, 0) is 24.5 Å². The van der Waals surface area contributed by atoms with Crippen LogP contribution in [0.5, 0.6) is 0 Å². The van der Waals surface area contributed by atoms with Crippen molar-refractivity contribution in [3.05, 3.63) is 21.9 Å². The smallest absolute Gasteiger partial charge is 0.237 e. The Kier molecular flexibility index (Phi) is 6.16. The Balaban J connectivity index is 0.00000256. The molecule has 0 radical (unpaired) electrons. The minimum absolute atomic E-state index is 0. The van der Waals surface area contributed by atoms with E-state index in [1.54, 1.807) is 11.3 Å². The van der Waals surface area contributed by atoms with Gasteiger partial charge in [0, 0.05) is 9.75 Å². The monoisotopic (exact) mass is 276 g/mol. The van der Waals surface area contributed by atoms with Gasteiger partial charge in [-0.1, -0.05) is 20.8 Å². The zero-order valence-electron chi connectivity index (χ0n) is 10.7. The van der Waals surface area contributed by atoms with E-state index in [1.165, 1.54) is 4.88 Å². The summed E-state index contributed by atoms with van der Waals surface area (Å²) in [5, 5.41) is 2.87. The molecule has 0 aliphatic heterocycles. The van der Waals surface area contributed by atoms with Crippen molar-refractivity contribution in [3.63, 3.8) is 0 Å². The van der Waals surface area contributed by atoms with Crippen LogP contribution >= 0.6 is 23.7 Å². The van der Waals surface area contributed by atoms with Crippen LogP contribution in [0.1, 0.15) is 30.5 Å². The van der Waals surface area contributed by atoms with Gasteiger partial charge < -0.3 is 11.1 Å². The van der Waals surface area contributed by atoms with E-state index in [1.807, 2.05) is 26.8 Å². The largest absolute Gasteiger partial charge is 0.350 e. The van der Waals surface area contributed by atoms with Gasteiger partial charge >= 0.3 is 0 Å². The van der Waals surface area contributed by atoms with E-state index in [2.05, 4.69) is 18.3 Å². The number of carbonyl (C=O) groups excluding carboxylic acids is 1. The van der Waals surface area contributed by atoms with Crippen LogP contribution < -0.4 is 11.1 Å². The highest BCUT2D eigenvalue weighted by Gasteiger charge is 2.27. The van der Waals surface area contributed by atoms with E-state index in [0.717, 1.165) is 4.88 Å². The summed E-state index contributed by atoms with van der Waals surface area (Å²) >= 11 is 1.69. The molecule has 1 amide bonds. The van der Waals surface area contributed by atoms with Gasteiger partial charge in [0.25, 0.3) is 0 Å². The van der Waals surface area contributed by atoms with Crippen LogP contribution in [0.25, 0.3) is 0 Å². The number of nitrogens with two attached hydrogens (primary N) is 1. The molecule has 1 aromatic rings. The molecule has 0 spiro atoms. The van der Waals surface area contributed by atoms with Gasteiger partial charge in [-0.3, -0.25) is 4.79 Å². The highest BCUT2D eigenvalue weighted by molar-refractivity contribution is 7.11. The Hall–Kier alpha value is -0.580. The maximum absolute atomic E-state index is 11.7. The summed E-state index contributed by atoms with van der Waals surface area (Å²) in [7, 11) is 0. The molecule has 0 aliphatic rings. The lowest BCUT2D eigenvalue weighted by Gasteiger charge is -2.25. The molecule has 3 nitrogen and oxygen atoms in total. The van der Waals surface area contributed by atoms with Crippen molar-refractivity contribution in [2.24, 2.45) is 11.1 Å². The second kappa shape index (κ2) is 6.38. The lowest BCUT2D eigenvalue weighted by molar-refractivity contribution is -0.124. The topological polar surface area (TPSA) is 55.1 Å². The van der Waals surface area contributed by atoms with Crippen molar-refractivity contribution in [1.82, 2.24) is 5.32 Å². The summed E-state index contributed by atoms with van der Waals surface area (Å²) in [6.07, 6.45) is 0. The van der Waals surface area contributed by atoms with E-state index in [9.17, 15) is 4.79 Å². The van der Waals surface area contributed by atoms with Crippen LogP contribution in [0.3, 0.4) is 0 Å². The second-order valence-corrected chi connectivity index (χ2v) is 6.45. The van der Waals surface area contributed by atoms with Crippen LogP contribution in [0.2, 0.25) is 0 Å². The molecule has 0 fully saturated rings. The number of hydrogen-bond acceptors (Lipinski definition) is 3. The van der Waals surface area contributed by atoms with Crippen molar-refractivity contribution in [1.29, 1.82) is 0 Å². The number of carbonyl (C=O) groups is 1. The SMILES string of the molecule is Cc1ccc(CNC(=O)[C@@H](N)C(C)(C)C)s1.Cl. The molecule has 0 bridgehead atoms. The summed E-state index contributed by atoms with van der Waals surface area (Å²) in [5.41, 5.74) is 5.66. The van der Waals surface area contributed by atoms with Crippen LogP contribution in [-0.2, 0) is 11.3 Å². The summed E-state index contributed by atoms with van der Waals surface area (Å²) in [6, 6.07) is 3.62. The molecule has 1 atom stereocenters. The molecule has 0 aliphatic carbocycles. The maximum Gasteiger partial charge on any atom is 0.237 e.